The standard InChI is InChI=1S/C13H11NO4.CH2O3.2K/c15-11-6-7-13(12(8-11)14(16)17)18-9-10-4-2-1-3-5-10;2-1(3)4;;/h1-8,15H,9H2;(H2,2,3,4);;/q;;2*+1/p-2. The Balaban J connectivity index is 0. The predicted octanol–water partition coefficient (Wildman–Crippen LogP) is -5.56. The number of phenolic OH excluding ortho intramolecular Hbond substituents is 1. The summed E-state index contributed by atoms with van der Waals surface area (Å²) in [6, 6.07) is 13.2. The molecule has 0 aromatic heterocycles. The van der Waals surface area contributed by atoms with Crippen LogP contribution >= 0.6 is 0 Å². The molecule has 0 heterocycles. The fourth-order valence-electron chi connectivity index (χ4n) is 1.51. The van der Waals surface area contributed by atoms with Crippen LogP contribution in [0.4, 0.5) is 10.5 Å². The molecule has 0 radical (unpaired) electrons. The van der Waals surface area contributed by atoms with Gasteiger partial charge in [-0.2, -0.15) is 0 Å². The molecule has 10 heteroatoms. The van der Waals surface area contributed by atoms with E-state index >= 15 is 0 Å². The van der Waals surface area contributed by atoms with Crippen LogP contribution in [-0.2, 0) is 6.61 Å². The Labute approximate surface area is 222 Å². The molecule has 0 saturated carbocycles. The van der Waals surface area contributed by atoms with Crippen LogP contribution < -0.4 is 118 Å². The van der Waals surface area contributed by atoms with Crippen LogP contribution in [0, 0.1) is 10.1 Å². The second-order valence-electron chi connectivity index (χ2n) is 3.93. The minimum absolute atomic E-state index is 0. The number of hydrogen-bond acceptors (Lipinski definition) is 7. The van der Waals surface area contributed by atoms with Crippen molar-refractivity contribution in [2.24, 2.45) is 0 Å². The Bertz CT molecular complexity index is 649. The molecular formula is C14H11K2NO7. The van der Waals surface area contributed by atoms with Gasteiger partial charge in [0.25, 0.3) is 0 Å². The molecule has 0 aliphatic rings. The van der Waals surface area contributed by atoms with Crippen molar-refractivity contribution >= 4 is 11.8 Å². The molecule has 0 amide bonds. The molecule has 0 aliphatic heterocycles. The molecule has 0 fully saturated rings. The van der Waals surface area contributed by atoms with Crippen molar-refractivity contribution < 1.29 is 133 Å². The second-order valence-corrected chi connectivity index (χ2v) is 3.93. The molecule has 2 rings (SSSR count). The normalized spacial score (nSPS) is 8.50. The maximum absolute atomic E-state index is 10.8. The molecule has 0 bridgehead atoms. The number of hydrogen-bond donors (Lipinski definition) is 1. The molecule has 0 aliphatic carbocycles. The molecule has 0 unspecified atom stereocenters. The molecule has 116 valence electrons. The first-order valence-corrected chi connectivity index (χ1v) is 5.92. The van der Waals surface area contributed by atoms with Crippen LogP contribution in [0.25, 0.3) is 0 Å². The molecule has 2 aromatic carbocycles. The number of nitro benzene ring substituents is 1. The third kappa shape index (κ3) is 10.8. The molecule has 8 nitrogen and oxygen atoms in total. The summed E-state index contributed by atoms with van der Waals surface area (Å²) in [4.78, 5) is 18.5. The van der Waals surface area contributed by atoms with Crippen LogP contribution in [0.3, 0.4) is 0 Å². The Morgan fingerprint density at radius 1 is 1.08 bits per heavy atom. The summed E-state index contributed by atoms with van der Waals surface area (Å²) in [5, 5.41) is 36.7. The van der Waals surface area contributed by atoms with Crippen LogP contribution in [0.2, 0.25) is 0 Å². The van der Waals surface area contributed by atoms with Gasteiger partial charge in [-0.05, 0) is 23.9 Å². The van der Waals surface area contributed by atoms with Gasteiger partial charge in [-0.1, -0.05) is 30.3 Å². The maximum atomic E-state index is 10.8. The summed E-state index contributed by atoms with van der Waals surface area (Å²) < 4.78 is 5.39. The van der Waals surface area contributed by atoms with Crippen LogP contribution in [0.15, 0.2) is 48.5 Å². The molecule has 0 spiro atoms. The molecular weight excluding hydrogens is 372 g/mol. The van der Waals surface area contributed by atoms with Crippen molar-refractivity contribution in [3.63, 3.8) is 0 Å². The first-order valence-electron chi connectivity index (χ1n) is 5.92. The van der Waals surface area contributed by atoms with Crippen molar-refractivity contribution in [1.82, 2.24) is 0 Å². The number of ether oxygens (including phenoxy) is 1. The minimum atomic E-state index is -2.33. The maximum Gasteiger partial charge on any atom is 1.00 e. The number of phenols is 1. The fourth-order valence-corrected chi connectivity index (χ4v) is 1.51. The monoisotopic (exact) mass is 383 g/mol. The summed E-state index contributed by atoms with van der Waals surface area (Å²) in [6.45, 7) is 0.243. The summed E-state index contributed by atoms with van der Waals surface area (Å²) in [7, 11) is 0. The van der Waals surface area contributed by atoms with E-state index in [1.807, 2.05) is 30.3 Å². The van der Waals surface area contributed by atoms with Gasteiger partial charge in [-0.3, -0.25) is 10.1 Å². The molecule has 0 atom stereocenters. The Hall–Kier alpha value is -0.0173. The van der Waals surface area contributed by atoms with E-state index in [2.05, 4.69) is 0 Å². The number of rotatable bonds is 4. The average molecular weight is 383 g/mol. The topological polar surface area (TPSA) is 136 Å². The van der Waals surface area contributed by atoms with E-state index in [1.54, 1.807) is 0 Å². The zero-order valence-corrected chi connectivity index (χ0v) is 19.4. The summed E-state index contributed by atoms with van der Waals surface area (Å²) in [5.74, 6) is -0.0181. The number of carbonyl (C=O) groups excluding carboxylic acids is 1. The van der Waals surface area contributed by atoms with Gasteiger partial charge in [-0.15, -0.1) is 0 Å². The number of nitro groups is 1. The predicted molar refractivity (Wildman–Crippen MR) is 70.9 cm³/mol. The molecule has 0 saturated heterocycles. The van der Waals surface area contributed by atoms with Gasteiger partial charge < -0.3 is 24.9 Å². The van der Waals surface area contributed by atoms with Gasteiger partial charge in [-0.25, -0.2) is 0 Å². The van der Waals surface area contributed by atoms with Gasteiger partial charge in [0.05, 0.1) is 11.0 Å². The van der Waals surface area contributed by atoms with Crippen LogP contribution in [-0.4, -0.2) is 16.2 Å². The number of carbonyl (C=O) groups is 1. The number of benzene rings is 2. The van der Waals surface area contributed by atoms with Gasteiger partial charge in [0.2, 0.25) is 0 Å². The zero-order valence-electron chi connectivity index (χ0n) is 13.2. The Kier molecular flexibility index (Phi) is 15.5. The number of nitrogens with zero attached hydrogens (tertiary/aromatic N) is 1. The van der Waals surface area contributed by atoms with Crippen molar-refractivity contribution in [2.45, 2.75) is 6.61 Å². The summed E-state index contributed by atoms with van der Waals surface area (Å²) in [5.41, 5.74) is 0.672. The van der Waals surface area contributed by atoms with Gasteiger partial charge in [0, 0.05) is 0 Å². The summed E-state index contributed by atoms with van der Waals surface area (Å²) in [6.07, 6.45) is -2.33. The second kappa shape index (κ2) is 14.2. The van der Waals surface area contributed by atoms with Crippen LogP contribution in [0.1, 0.15) is 5.56 Å². The van der Waals surface area contributed by atoms with Gasteiger partial charge >= 0.3 is 108 Å². The van der Waals surface area contributed by atoms with Crippen molar-refractivity contribution in [3.8, 4) is 11.5 Å². The third-order valence-corrected chi connectivity index (χ3v) is 2.38. The number of aromatic hydroxyl groups is 1. The fraction of sp³-hybridized carbons (Fsp3) is 0.0714. The Morgan fingerprint density at radius 3 is 2.12 bits per heavy atom. The molecule has 2 aromatic rings. The van der Waals surface area contributed by atoms with Crippen LogP contribution in [0.5, 0.6) is 11.5 Å². The first-order chi connectivity index (χ1) is 10.4. The van der Waals surface area contributed by atoms with Crippen molar-refractivity contribution in [1.29, 1.82) is 0 Å². The van der Waals surface area contributed by atoms with E-state index in [0.29, 0.717) is 0 Å². The van der Waals surface area contributed by atoms with E-state index in [0.717, 1.165) is 11.6 Å². The minimum Gasteiger partial charge on any atom is -0.652 e. The first kappa shape index (κ1) is 26.2. The third-order valence-electron chi connectivity index (χ3n) is 2.38. The SMILES string of the molecule is O=C([O-])[O-].O=[N+]([O-])c1cc(O)ccc1OCc1ccccc1.[K+].[K+]. The smallest absolute Gasteiger partial charge is 0.652 e. The van der Waals surface area contributed by atoms with Gasteiger partial charge in [0.1, 0.15) is 12.4 Å². The van der Waals surface area contributed by atoms with E-state index < -0.39 is 11.1 Å². The van der Waals surface area contributed by atoms with Gasteiger partial charge in [0.15, 0.2) is 5.75 Å². The zero-order chi connectivity index (χ0) is 16.5. The summed E-state index contributed by atoms with van der Waals surface area (Å²) >= 11 is 0. The number of carboxylic acid groups (broad SMARTS) is 2. The van der Waals surface area contributed by atoms with E-state index in [-0.39, 0.29) is 127 Å². The van der Waals surface area contributed by atoms with Crippen molar-refractivity contribution in [3.05, 3.63) is 64.2 Å². The molecule has 24 heavy (non-hydrogen) atoms. The van der Waals surface area contributed by atoms with E-state index in [4.69, 9.17) is 19.7 Å². The van der Waals surface area contributed by atoms with E-state index in [9.17, 15) is 15.2 Å². The average Bonchev–Trinajstić information content (AvgIpc) is 2.46. The quantitative estimate of drug-likeness (QED) is 0.316. The molecule has 1 N–H and O–H groups in total. The van der Waals surface area contributed by atoms with Crippen molar-refractivity contribution in [2.75, 3.05) is 0 Å². The van der Waals surface area contributed by atoms with E-state index in [1.165, 1.54) is 12.1 Å². The largest absolute Gasteiger partial charge is 1.00 e. The Morgan fingerprint density at radius 2 is 1.62 bits per heavy atom.